The molecule has 0 spiro atoms. The Morgan fingerprint density at radius 3 is 2.50 bits per heavy atom. The first-order valence-electron chi connectivity index (χ1n) is 9.67. The molecule has 1 aliphatic heterocycles. The molecule has 0 saturated heterocycles. The first-order valence-corrected chi connectivity index (χ1v) is 10.0. The number of hydrogen-bond donors (Lipinski definition) is 2. The number of carbonyl (C=O) groups excluding carboxylic acids is 3. The lowest BCUT2D eigenvalue weighted by Crippen LogP contribution is -2.33. The van der Waals surface area contributed by atoms with Gasteiger partial charge in [0.1, 0.15) is 16.5 Å². The van der Waals surface area contributed by atoms with Crippen molar-refractivity contribution in [2.45, 2.75) is 31.7 Å². The van der Waals surface area contributed by atoms with Crippen molar-refractivity contribution < 1.29 is 18.8 Å². The van der Waals surface area contributed by atoms with Crippen molar-refractivity contribution in [1.29, 1.82) is 0 Å². The number of amides is 3. The second kappa shape index (κ2) is 8.28. The number of imide groups is 1. The predicted molar refractivity (Wildman–Crippen MR) is 112 cm³/mol. The Labute approximate surface area is 177 Å². The first-order chi connectivity index (χ1) is 14.5. The Bertz CT molecular complexity index is 1060. The van der Waals surface area contributed by atoms with Gasteiger partial charge in [-0.05, 0) is 43.2 Å². The first kappa shape index (κ1) is 20.1. The van der Waals surface area contributed by atoms with Crippen LogP contribution >= 0.6 is 11.6 Å². The molecule has 1 heterocycles. The fourth-order valence-electron chi connectivity index (χ4n) is 3.68. The summed E-state index contributed by atoms with van der Waals surface area (Å²) in [5.74, 6) is -2.50. The highest BCUT2D eigenvalue weighted by Gasteiger charge is 2.40. The highest BCUT2D eigenvalue weighted by atomic mass is 35.5. The van der Waals surface area contributed by atoms with E-state index in [9.17, 15) is 18.8 Å². The van der Waals surface area contributed by atoms with Crippen molar-refractivity contribution in [3.8, 4) is 0 Å². The van der Waals surface area contributed by atoms with Gasteiger partial charge in [-0.1, -0.05) is 42.6 Å². The molecule has 0 atom stereocenters. The molecule has 0 radical (unpaired) electrons. The lowest BCUT2D eigenvalue weighted by Gasteiger charge is -2.16. The van der Waals surface area contributed by atoms with Gasteiger partial charge in [-0.15, -0.1) is 0 Å². The summed E-state index contributed by atoms with van der Waals surface area (Å²) in [6.07, 6.45) is 4.14. The minimum absolute atomic E-state index is 0.168. The largest absolute Gasteiger partial charge is 0.350 e. The van der Waals surface area contributed by atoms with Crippen LogP contribution in [-0.4, -0.2) is 23.8 Å². The van der Waals surface area contributed by atoms with Gasteiger partial charge in [0.2, 0.25) is 0 Å². The van der Waals surface area contributed by atoms with Crippen LogP contribution in [-0.2, 0) is 9.59 Å². The fraction of sp³-hybridized carbons (Fsp3) is 0.227. The molecule has 0 aromatic heterocycles. The molecule has 154 valence electrons. The summed E-state index contributed by atoms with van der Waals surface area (Å²) in [6, 6.07) is 12.2. The van der Waals surface area contributed by atoms with E-state index in [1.165, 1.54) is 18.2 Å². The average molecular weight is 428 g/mol. The Morgan fingerprint density at radius 2 is 1.77 bits per heavy atom. The maximum absolute atomic E-state index is 14.1. The lowest BCUT2D eigenvalue weighted by atomic mass is 10.1. The van der Waals surface area contributed by atoms with Crippen LogP contribution in [0.5, 0.6) is 0 Å². The molecule has 2 aromatic rings. The Balaban J connectivity index is 1.54. The van der Waals surface area contributed by atoms with E-state index in [0.717, 1.165) is 31.7 Å². The molecule has 4 rings (SSSR count). The number of anilines is 2. The minimum Gasteiger partial charge on any atom is -0.350 e. The standard InChI is InChI=1S/C22H19ClFN3O3/c23-18-19(22(30)27(21(18)29)17-11-4-3-10-16(17)24)25-15-9-5-6-13(12-15)20(28)26-14-7-1-2-8-14/h3-6,9-12,14,25H,1-2,7-8H2,(H,26,28). The third kappa shape index (κ3) is 3.80. The summed E-state index contributed by atoms with van der Waals surface area (Å²) < 4.78 is 14.1. The molecule has 1 fully saturated rings. The summed E-state index contributed by atoms with van der Waals surface area (Å²) >= 11 is 6.09. The van der Waals surface area contributed by atoms with Crippen LogP contribution in [0.1, 0.15) is 36.0 Å². The molecule has 8 heteroatoms. The van der Waals surface area contributed by atoms with Gasteiger partial charge in [-0.3, -0.25) is 14.4 Å². The van der Waals surface area contributed by atoms with Crippen molar-refractivity contribution in [3.05, 3.63) is 70.6 Å². The van der Waals surface area contributed by atoms with Crippen molar-refractivity contribution in [2.75, 3.05) is 10.2 Å². The number of halogens is 2. The normalized spacial score (nSPS) is 17.1. The third-order valence-electron chi connectivity index (χ3n) is 5.21. The summed E-state index contributed by atoms with van der Waals surface area (Å²) in [5.41, 5.74) is 0.496. The van der Waals surface area contributed by atoms with E-state index >= 15 is 0 Å². The smallest absolute Gasteiger partial charge is 0.283 e. The van der Waals surface area contributed by atoms with Gasteiger partial charge < -0.3 is 10.6 Å². The molecule has 1 saturated carbocycles. The maximum atomic E-state index is 14.1. The van der Waals surface area contributed by atoms with Crippen LogP contribution in [0.15, 0.2) is 59.3 Å². The van der Waals surface area contributed by atoms with E-state index in [1.54, 1.807) is 24.3 Å². The minimum atomic E-state index is -0.815. The van der Waals surface area contributed by atoms with Gasteiger partial charge >= 0.3 is 0 Å². The number of benzene rings is 2. The summed E-state index contributed by atoms with van der Waals surface area (Å²) in [6.45, 7) is 0. The van der Waals surface area contributed by atoms with Crippen LogP contribution in [0.3, 0.4) is 0 Å². The molecule has 0 unspecified atom stereocenters. The number of para-hydroxylation sites is 1. The molecule has 30 heavy (non-hydrogen) atoms. The number of rotatable bonds is 5. The SMILES string of the molecule is O=C(NC1CCCC1)c1cccc(NC2=C(Cl)C(=O)N(c3ccccc3F)C2=O)c1. The average Bonchev–Trinajstić information content (AvgIpc) is 3.32. The Morgan fingerprint density at radius 1 is 1.03 bits per heavy atom. The molecule has 6 nitrogen and oxygen atoms in total. The van der Waals surface area contributed by atoms with E-state index in [0.29, 0.717) is 16.2 Å². The molecule has 2 aromatic carbocycles. The molecular formula is C22H19ClFN3O3. The van der Waals surface area contributed by atoms with E-state index in [1.807, 2.05) is 0 Å². The highest BCUT2D eigenvalue weighted by Crippen LogP contribution is 2.31. The molecular weight excluding hydrogens is 409 g/mol. The number of carbonyl (C=O) groups is 3. The Hall–Kier alpha value is -3.19. The van der Waals surface area contributed by atoms with Crippen molar-refractivity contribution in [1.82, 2.24) is 5.32 Å². The number of nitrogens with zero attached hydrogens (tertiary/aromatic N) is 1. The molecule has 0 bridgehead atoms. The van der Waals surface area contributed by atoms with Gasteiger partial charge in [-0.2, -0.15) is 0 Å². The third-order valence-corrected chi connectivity index (χ3v) is 5.56. The summed E-state index contributed by atoms with van der Waals surface area (Å²) in [7, 11) is 0. The van der Waals surface area contributed by atoms with Crippen LogP contribution < -0.4 is 15.5 Å². The Kier molecular flexibility index (Phi) is 5.55. The molecule has 1 aliphatic carbocycles. The second-order valence-corrected chi connectivity index (χ2v) is 7.62. The zero-order valence-electron chi connectivity index (χ0n) is 16.0. The van der Waals surface area contributed by atoms with Crippen LogP contribution in [0, 0.1) is 5.82 Å². The summed E-state index contributed by atoms with van der Waals surface area (Å²) in [4.78, 5) is 38.5. The van der Waals surface area contributed by atoms with Gasteiger partial charge in [0.25, 0.3) is 17.7 Å². The number of nitrogens with one attached hydrogen (secondary N) is 2. The zero-order valence-corrected chi connectivity index (χ0v) is 16.7. The fourth-order valence-corrected chi connectivity index (χ4v) is 3.90. The van der Waals surface area contributed by atoms with Crippen LogP contribution in [0.4, 0.5) is 15.8 Å². The van der Waals surface area contributed by atoms with Gasteiger partial charge in [-0.25, -0.2) is 9.29 Å². The van der Waals surface area contributed by atoms with Gasteiger partial charge in [0.15, 0.2) is 0 Å². The maximum Gasteiger partial charge on any atom is 0.283 e. The monoisotopic (exact) mass is 427 g/mol. The zero-order chi connectivity index (χ0) is 21.3. The van der Waals surface area contributed by atoms with Crippen LogP contribution in [0.25, 0.3) is 0 Å². The van der Waals surface area contributed by atoms with Crippen molar-refractivity contribution >= 4 is 40.7 Å². The predicted octanol–water partition coefficient (Wildman–Crippen LogP) is 3.93. The van der Waals surface area contributed by atoms with E-state index in [-0.39, 0.29) is 28.4 Å². The molecule has 3 amide bonds. The van der Waals surface area contributed by atoms with Crippen molar-refractivity contribution in [2.24, 2.45) is 0 Å². The summed E-state index contributed by atoms with van der Waals surface area (Å²) in [5, 5.41) is 5.47. The van der Waals surface area contributed by atoms with E-state index in [4.69, 9.17) is 11.6 Å². The van der Waals surface area contributed by atoms with Crippen molar-refractivity contribution in [3.63, 3.8) is 0 Å². The van der Waals surface area contributed by atoms with E-state index < -0.39 is 17.6 Å². The van der Waals surface area contributed by atoms with Gasteiger partial charge in [0, 0.05) is 17.3 Å². The quantitative estimate of drug-likeness (QED) is 0.708. The highest BCUT2D eigenvalue weighted by molar-refractivity contribution is 6.53. The topological polar surface area (TPSA) is 78.5 Å². The van der Waals surface area contributed by atoms with Crippen LogP contribution in [0.2, 0.25) is 0 Å². The molecule has 2 aliphatic rings. The van der Waals surface area contributed by atoms with Gasteiger partial charge in [0.05, 0.1) is 5.69 Å². The molecule has 2 N–H and O–H groups in total. The second-order valence-electron chi connectivity index (χ2n) is 7.25. The number of hydrogen-bond acceptors (Lipinski definition) is 4. The van der Waals surface area contributed by atoms with E-state index in [2.05, 4.69) is 10.6 Å². The lowest BCUT2D eigenvalue weighted by molar-refractivity contribution is -0.120.